The van der Waals surface area contributed by atoms with Crippen molar-refractivity contribution in [3.05, 3.63) is 0 Å². The van der Waals surface area contributed by atoms with Gasteiger partial charge in [0.1, 0.15) is 0 Å². The van der Waals surface area contributed by atoms with Gasteiger partial charge in [0.25, 0.3) is 0 Å². The molecule has 1 aliphatic carbocycles. The molecule has 0 heterocycles. The minimum atomic E-state index is 0.853. The van der Waals surface area contributed by atoms with Crippen LogP contribution in [0.25, 0.3) is 0 Å². The molecule has 0 unspecified atom stereocenters. The molecule has 1 rings (SSSR count). The fourth-order valence-corrected chi connectivity index (χ4v) is 2.56. The monoisotopic (exact) mass is 268 g/mol. The van der Waals surface area contributed by atoms with E-state index in [4.69, 9.17) is 0 Å². The highest BCUT2D eigenvalue weighted by Crippen LogP contribution is 2.27. The van der Waals surface area contributed by atoms with Gasteiger partial charge in [-0.15, -0.1) is 0 Å². The van der Waals surface area contributed by atoms with E-state index < -0.39 is 0 Å². The summed E-state index contributed by atoms with van der Waals surface area (Å²) in [5.74, 6) is 0.853. The van der Waals surface area contributed by atoms with Gasteiger partial charge in [-0.3, -0.25) is 0 Å². The minimum Gasteiger partial charge on any atom is -0.317 e. The molecule has 0 radical (unpaired) electrons. The smallest absolute Gasteiger partial charge is 0.00964 e. The Labute approximate surface area is 121 Å². The summed E-state index contributed by atoms with van der Waals surface area (Å²) in [6.45, 7) is 12.0. The molecule has 19 heavy (non-hydrogen) atoms. The van der Waals surface area contributed by atoms with Crippen LogP contribution in [0, 0.1) is 5.92 Å². The summed E-state index contributed by atoms with van der Waals surface area (Å²) in [6.07, 6.45) is 11.1. The molecule has 0 aliphatic heterocycles. The SMILES string of the molecule is CCCNCCCCCCN(CCC(C)C)C1CC1. The first-order valence-electron chi connectivity index (χ1n) is 8.68. The number of unbranched alkanes of at least 4 members (excludes halogenated alkanes) is 3. The number of nitrogens with zero attached hydrogens (tertiary/aromatic N) is 1. The fraction of sp³-hybridized carbons (Fsp3) is 1.00. The van der Waals surface area contributed by atoms with Crippen molar-refractivity contribution >= 4 is 0 Å². The molecule has 2 heteroatoms. The van der Waals surface area contributed by atoms with E-state index in [2.05, 4.69) is 31.0 Å². The van der Waals surface area contributed by atoms with E-state index in [0.717, 1.165) is 12.0 Å². The zero-order chi connectivity index (χ0) is 13.9. The maximum Gasteiger partial charge on any atom is 0.00964 e. The van der Waals surface area contributed by atoms with Crippen LogP contribution in [0.1, 0.15) is 72.1 Å². The third kappa shape index (κ3) is 9.45. The highest BCUT2D eigenvalue weighted by molar-refractivity contribution is 4.84. The number of hydrogen-bond donors (Lipinski definition) is 1. The molecule has 0 spiro atoms. The summed E-state index contributed by atoms with van der Waals surface area (Å²) in [6, 6.07) is 0.949. The molecule has 0 aromatic carbocycles. The van der Waals surface area contributed by atoms with Crippen molar-refractivity contribution < 1.29 is 0 Å². The van der Waals surface area contributed by atoms with E-state index >= 15 is 0 Å². The van der Waals surface area contributed by atoms with Gasteiger partial charge in [-0.25, -0.2) is 0 Å². The second-order valence-electron chi connectivity index (χ2n) is 6.61. The molecule has 1 saturated carbocycles. The van der Waals surface area contributed by atoms with Crippen molar-refractivity contribution in [1.29, 1.82) is 0 Å². The van der Waals surface area contributed by atoms with Crippen LogP contribution in [-0.2, 0) is 0 Å². The molecule has 1 aliphatic rings. The third-order valence-corrected chi connectivity index (χ3v) is 4.03. The van der Waals surface area contributed by atoms with Crippen LogP contribution in [0.5, 0.6) is 0 Å². The van der Waals surface area contributed by atoms with Crippen LogP contribution >= 0.6 is 0 Å². The molecule has 1 N–H and O–H groups in total. The highest BCUT2D eigenvalue weighted by atomic mass is 15.2. The Morgan fingerprint density at radius 1 is 1.00 bits per heavy atom. The predicted molar refractivity (Wildman–Crippen MR) is 85.7 cm³/mol. The molecular formula is C17H36N2. The molecule has 114 valence electrons. The van der Waals surface area contributed by atoms with Crippen molar-refractivity contribution in [3.8, 4) is 0 Å². The van der Waals surface area contributed by atoms with Gasteiger partial charge in [-0.1, -0.05) is 33.6 Å². The topological polar surface area (TPSA) is 15.3 Å². The summed E-state index contributed by atoms with van der Waals surface area (Å²) in [7, 11) is 0. The van der Waals surface area contributed by atoms with E-state index in [0.29, 0.717) is 0 Å². The molecule has 0 amide bonds. The van der Waals surface area contributed by atoms with Crippen molar-refractivity contribution in [2.45, 2.75) is 78.2 Å². The Balaban J connectivity index is 1.93. The minimum absolute atomic E-state index is 0.853. The van der Waals surface area contributed by atoms with Crippen molar-refractivity contribution in [2.75, 3.05) is 26.2 Å². The Morgan fingerprint density at radius 3 is 2.37 bits per heavy atom. The first kappa shape index (κ1) is 17.0. The molecule has 0 atom stereocenters. The Kier molecular flexibility index (Phi) is 9.54. The lowest BCUT2D eigenvalue weighted by Crippen LogP contribution is -2.29. The second kappa shape index (κ2) is 10.7. The normalized spacial score (nSPS) is 15.6. The molecule has 0 aromatic heterocycles. The lowest BCUT2D eigenvalue weighted by Gasteiger charge is -2.22. The van der Waals surface area contributed by atoms with Gasteiger partial charge in [-0.2, -0.15) is 0 Å². The van der Waals surface area contributed by atoms with Gasteiger partial charge in [0, 0.05) is 6.04 Å². The Morgan fingerprint density at radius 2 is 1.74 bits per heavy atom. The summed E-state index contributed by atoms with van der Waals surface area (Å²) in [4.78, 5) is 2.76. The lowest BCUT2D eigenvalue weighted by molar-refractivity contribution is 0.242. The molecule has 0 bridgehead atoms. The fourth-order valence-electron chi connectivity index (χ4n) is 2.56. The first-order valence-corrected chi connectivity index (χ1v) is 8.68. The van der Waals surface area contributed by atoms with Gasteiger partial charge in [0.2, 0.25) is 0 Å². The zero-order valence-corrected chi connectivity index (χ0v) is 13.6. The van der Waals surface area contributed by atoms with Crippen LogP contribution in [0.3, 0.4) is 0 Å². The zero-order valence-electron chi connectivity index (χ0n) is 13.6. The molecule has 0 saturated heterocycles. The third-order valence-electron chi connectivity index (χ3n) is 4.03. The maximum absolute atomic E-state index is 3.49. The van der Waals surface area contributed by atoms with E-state index in [1.165, 1.54) is 77.5 Å². The van der Waals surface area contributed by atoms with E-state index in [1.54, 1.807) is 0 Å². The Hall–Kier alpha value is -0.0800. The first-order chi connectivity index (χ1) is 9.24. The van der Waals surface area contributed by atoms with Crippen molar-refractivity contribution in [3.63, 3.8) is 0 Å². The van der Waals surface area contributed by atoms with Gasteiger partial charge in [0.05, 0.1) is 0 Å². The highest BCUT2D eigenvalue weighted by Gasteiger charge is 2.27. The lowest BCUT2D eigenvalue weighted by atomic mass is 10.1. The van der Waals surface area contributed by atoms with Gasteiger partial charge < -0.3 is 10.2 Å². The maximum atomic E-state index is 3.49. The van der Waals surface area contributed by atoms with Gasteiger partial charge >= 0.3 is 0 Å². The van der Waals surface area contributed by atoms with Gasteiger partial charge in [-0.05, 0) is 70.6 Å². The Bertz CT molecular complexity index is 199. The summed E-state index contributed by atoms with van der Waals surface area (Å²) >= 11 is 0. The van der Waals surface area contributed by atoms with E-state index in [1.807, 2.05) is 0 Å². The van der Waals surface area contributed by atoms with Crippen LogP contribution < -0.4 is 5.32 Å². The average molecular weight is 268 g/mol. The summed E-state index contributed by atoms with van der Waals surface area (Å²) < 4.78 is 0. The summed E-state index contributed by atoms with van der Waals surface area (Å²) in [5.41, 5.74) is 0. The second-order valence-corrected chi connectivity index (χ2v) is 6.61. The average Bonchev–Trinajstić information content (AvgIpc) is 3.20. The molecule has 0 aromatic rings. The predicted octanol–water partition coefficient (Wildman–Crippen LogP) is 4.06. The van der Waals surface area contributed by atoms with Crippen molar-refractivity contribution in [1.82, 2.24) is 10.2 Å². The van der Waals surface area contributed by atoms with Crippen LogP contribution in [0.15, 0.2) is 0 Å². The largest absolute Gasteiger partial charge is 0.317 e. The van der Waals surface area contributed by atoms with E-state index in [-0.39, 0.29) is 0 Å². The number of hydrogen-bond acceptors (Lipinski definition) is 2. The molecule has 1 fully saturated rings. The van der Waals surface area contributed by atoms with Crippen LogP contribution in [-0.4, -0.2) is 37.1 Å². The van der Waals surface area contributed by atoms with Crippen molar-refractivity contribution in [2.24, 2.45) is 5.92 Å². The standard InChI is InChI=1S/C17H36N2/c1-4-12-18-13-7-5-6-8-14-19(17-9-10-17)15-11-16(2)3/h16-18H,4-15H2,1-3H3. The van der Waals surface area contributed by atoms with Crippen LogP contribution in [0.2, 0.25) is 0 Å². The van der Waals surface area contributed by atoms with Crippen LogP contribution in [0.4, 0.5) is 0 Å². The van der Waals surface area contributed by atoms with E-state index in [9.17, 15) is 0 Å². The summed E-state index contributed by atoms with van der Waals surface area (Å²) in [5, 5.41) is 3.49. The van der Waals surface area contributed by atoms with Gasteiger partial charge in [0.15, 0.2) is 0 Å². The molecule has 2 nitrogen and oxygen atoms in total. The quantitative estimate of drug-likeness (QED) is 0.507. The molecular weight excluding hydrogens is 232 g/mol. The number of nitrogens with one attached hydrogen (secondary N) is 1. The number of rotatable bonds is 13.